The number of benzene rings is 2. The zero-order valence-electron chi connectivity index (χ0n) is 12.8. The summed E-state index contributed by atoms with van der Waals surface area (Å²) < 4.78 is 38.4. The van der Waals surface area contributed by atoms with E-state index in [4.69, 9.17) is 0 Å². The molecule has 120 valence electrons. The summed E-state index contributed by atoms with van der Waals surface area (Å²) in [6.45, 7) is 5.35. The van der Waals surface area contributed by atoms with Gasteiger partial charge in [-0.05, 0) is 47.7 Å². The van der Waals surface area contributed by atoms with E-state index in [1.54, 1.807) is 6.07 Å². The fraction of sp³-hybridized carbons (Fsp3) is 0.211. The highest BCUT2D eigenvalue weighted by Crippen LogP contribution is 2.30. The van der Waals surface area contributed by atoms with E-state index in [2.05, 4.69) is 6.58 Å². The second kappa shape index (κ2) is 6.82. The normalized spacial score (nSPS) is 11.3. The minimum Gasteiger partial charge on any atom is -0.295 e. The van der Waals surface area contributed by atoms with E-state index in [1.165, 1.54) is 18.2 Å². The van der Waals surface area contributed by atoms with Crippen LogP contribution in [0.2, 0.25) is 0 Å². The summed E-state index contributed by atoms with van der Waals surface area (Å²) in [6.07, 6.45) is -2.43. The van der Waals surface area contributed by atoms with Gasteiger partial charge in [0.1, 0.15) is 0 Å². The lowest BCUT2D eigenvalue weighted by Gasteiger charge is -2.11. The number of carbonyl (C=O) groups excluding carboxylic acids is 1. The van der Waals surface area contributed by atoms with Gasteiger partial charge in [-0.3, -0.25) is 4.79 Å². The van der Waals surface area contributed by atoms with Crippen molar-refractivity contribution in [2.75, 3.05) is 0 Å². The molecule has 23 heavy (non-hydrogen) atoms. The van der Waals surface area contributed by atoms with Crippen molar-refractivity contribution in [1.29, 1.82) is 0 Å². The first-order valence-electron chi connectivity index (χ1n) is 7.19. The molecule has 0 aliphatic rings. The summed E-state index contributed by atoms with van der Waals surface area (Å²) >= 11 is 0. The molecule has 0 saturated carbocycles. The number of halogens is 3. The van der Waals surface area contributed by atoms with Gasteiger partial charge >= 0.3 is 6.18 Å². The molecule has 1 nitrogen and oxygen atoms in total. The number of hydrogen-bond donors (Lipinski definition) is 0. The van der Waals surface area contributed by atoms with Crippen molar-refractivity contribution in [2.24, 2.45) is 0 Å². The Morgan fingerprint density at radius 3 is 2.52 bits per heavy atom. The SMILES string of the molecule is C=CC(=O)Cc1ccc(C)c(Cc2cccc(C(F)(F)F)c2)c1. The van der Waals surface area contributed by atoms with E-state index in [9.17, 15) is 18.0 Å². The molecule has 2 aromatic rings. The van der Waals surface area contributed by atoms with Gasteiger partial charge in [-0.25, -0.2) is 0 Å². The molecule has 2 rings (SSSR count). The molecule has 0 bridgehead atoms. The van der Waals surface area contributed by atoms with Gasteiger partial charge in [-0.2, -0.15) is 13.2 Å². The first-order valence-corrected chi connectivity index (χ1v) is 7.19. The molecule has 0 fully saturated rings. The lowest BCUT2D eigenvalue weighted by Crippen LogP contribution is -2.05. The Hall–Kier alpha value is -2.36. The highest BCUT2D eigenvalue weighted by Gasteiger charge is 2.30. The van der Waals surface area contributed by atoms with Gasteiger partial charge in [0.05, 0.1) is 5.56 Å². The maximum absolute atomic E-state index is 12.8. The van der Waals surface area contributed by atoms with Crippen molar-refractivity contribution in [3.8, 4) is 0 Å². The molecule has 2 aromatic carbocycles. The molecule has 0 atom stereocenters. The molecular weight excluding hydrogens is 301 g/mol. The fourth-order valence-corrected chi connectivity index (χ4v) is 2.38. The minimum atomic E-state index is -4.34. The van der Waals surface area contributed by atoms with Crippen LogP contribution in [0, 0.1) is 6.92 Å². The van der Waals surface area contributed by atoms with Gasteiger partial charge in [-0.1, -0.05) is 43.0 Å². The number of allylic oxidation sites excluding steroid dienone is 1. The van der Waals surface area contributed by atoms with E-state index in [-0.39, 0.29) is 12.2 Å². The molecule has 0 radical (unpaired) electrons. The first kappa shape index (κ1) is 17.0. The zero-order chi connectivity index (χ0) is 17.0. The first-order chi connectivity index (χ1) is 10.8. The number of rotatable bonds is 5. The van der Waals surface area contributed by atoms with Crippen LogP contribution in [0.4, 0.5) is 13.2 Å². The number of aryl methyl sites for hydroxylation is 1. The van der Waals surface area contributed by atoms with Crippen LogP contribution in [0.1, 0.15) is 27.8 Å². The Kier molecular flexibility index (Phi) is 5.04. The van der Waals surface area contributed by atoms with Crippen LogP contribution in [0.3, 0.4) is 0 Å². The summed E-state index contributed by atoms with van der Waals surface area (Å²) in [5, 5.41) is 0. The van der Waals surface area contributed by atoms with E-state index < -0.39 is 11.7 Å². The van der Waals surface area contributed by atoms with Gasteiger partial charge in [0.15, 0.2) is 5.78 Å². The molecule has 4 heteroatoms. The van der Waals surface area contributed by atoms with Crippen LogP contribution >= 0.6 is 0 Å². The topological polar surface area (TPSA) is 17.1 Å². The smallest absolute Gasteiger partial charge is 0.295 e. The summed E-state index contributed by atoms with van der Waals surface area (Å²) in [4.78, 5) is 11.4. The highest BCUT2D eigenvalue weighted by atomic mass is 19.4. The number of alkyl halides is 3. The minimum absolute atomic E-state index is 0.0844. The van der Waals surface area contributed by atoms with Crippen LogP contribution in [0.25, 0.3) is 0 Å². The molecule has 0 saturated heterocycles. The van der Waals surface area contributed by atoms with Crippen LogP contribution in [-0.4, -0.2) is 5.78 Å². The van der Waals surface area contributed by atoms with Gasteiger partial charge in [0.25, 0.3) is 0 Å². The van der Waals surface area contributed by atoms with Gasteiger partial charge in [-0.15, -0.1) is 0 Å². The maximum atomic E-state index is 12.8. The third-order valence-corrected chi connectivity index (χ3v) is 3.67. The number of carbonyl (C=O) groups is 1. The van der Waals surface area contributed by atoms with Crippen molar-refractivity contribution in [2.45, 2.75) is 25.9 Å². The summed E-state index contributed by atoms with van der Waals surface area (Å²) in [5.74, 6) is -0.0844. The van der Waals surface area contributed by atoms with Crippen LogP contribution in [-0.2, 0) is 23.8 Å². The van der Waals surface area contributed by atoms with Crippen molar-refractivity contribution in [3.63, 3.8) is 0 Å². The quantitative estimate of drug-likeness (QED) is 0.717. The Morgan fingerprint density at radius 1 is 1.13 bits per heavy atom. The van der Waals surface area contributed by atoms with Crippen LogP contribution < -0.4 is 0 Å². The van der Waals surface area contributed by atoms with Crippen molar-refractivity contribution < 1.29 is 18.0 Å². The summed E-state index contributed by atoms with van der Waals surface area (Å²) in [7, 11) is 0. The maximum Gasteiger partial charge on any atom is 0.416 e. The Labute approximate surface area is 133 Å². The van der Waals surface area contributed by atoms with Crippen molar-refractivity contribution >= 4 is 5.78 Å². The Bertz CT molecular complexity index is 730. The highest BCUT2D eigenvalue weighted by molar-refractivity contribution is 5.90. The fourth-order valence-electron chi connectivity index (χ4n) is 2.38. The molecule has 0 unspecified atom stereocenters. The van der Waals surface area contributed by atoms with Crippen molar-refractivity contribution in [1.82, 2.24) is 0 Å². The number of hydrogen-bond acceptors (Lipinski definition) is 1. The summed E-state index contributed by atoms with van der Waals surface area (Å²) in [6, 6.07) is 10.9. The molecule has 0 aromatic heterocycles. The zero-order valence-corrected chi connectivity index (χ0v) is 12.8. The standard InChI is InChI=1S/C19H17F3O/c1-3-18(23)12-15-8-7-13(2)16(10-15)9-14-5-4-6-17(11-14)19(20,21)22/h3-8,10-11H,1,9,12H2,2H3. The Morgan fingerprint density at radius 2 is 1.87 bits per heavy atom. The molecule has 0 spiro atoms. The molecule has 0 aliphatic carbocycles. The summed E-state index contributed by atoms with van der Waals surface area (Å²) in [5.41, 5.74) is 2.68. The monoisotopic (exact) mass is 318 g/mol. The average molecular weight is 318 g/mol. The van der Waals surface area contributed by atoms with E-state index >= 15 is 0 Å². The predicted octanol–water partition coefficient (Wildman–Crippen LogP) is 4.90. The van der Waals surface area contributed by atoms with Crippen LogP contribution in [0.15, 0.2) is 55.1 Å². The van der Waals surface area contributed by atoms with Crippen LogP contribution in [0.5, 0.6) is 0 Å². The Balaban J connectivity index is 2.27. The van der Waals surface area contributed by atoms with E-state index in [1.807, 2.05) is 25.1 Å². The van der Waals surface area contributed by atoms with Gasteiger partial charge < -0.3 is 0 Å². The molecule has 0 aliphatic heterocycles. The van der Waals surface area contributed by atoms with Crippen molar-refractivity contribution in [3.05, 3.63) is 82.9 Å². The van der Waals surface area contributed by atoms with Gasteiger partial charge in [0, 0.05) is 6.42 Å². The lowest BCUT2D eigenvalue weighted by molar-refractivity contribution is -0.137. The molecule has 0 N–H and O–H groups in total. The van der Waals surface area contributed by atoms with E-state index in [0.29, 0.717) is 12.0 Å². The third kappa shape index (κ3) is 4.55. The lowest BCUT2D eigenvalue weighted by atomic mass is 9.96. The largest absolute Gasteiger partial charge is 0.416 e. The van der Waals surface area contributed by atoms with Gasteiger partial charge in [0.2, 0.25) is 0 Å². The predicted molar refractivity (Wildman–Crippen MR) is 84.3 cm³/mol. The molecule has 0 amide bonds. The molecular formula is C19H17F3O. The van der Waals surface area contributed by atoms with E-state index in [0.717, 1.165) is 22.8 Å². The second-order valence-electron chi connectivity index (χ2n) is 5.48. The second-order valence-corrected chi connectivity index (χ2v) is 5.48. The third-order valence-electron chi connectivity index (χ3n) is 3.67. The average Bonchev–Trinajstić information content (AvgIpc) is 2.50. The number of ketones is 1. The molecule has 0 heterocycles.